The summed E-state index contributed by atoms with van der Waals surface area (Å²) < 4.78 is 0. The normalized spacial score (nSPS) is 20.0. The zero-order valence-electron chi connectivity index (χ0n) is 13.2. The Balaban J connectivity index is 1.45. The van der Waals surface area contributed by atoms with Gasteiger partial charge in [-0.3, -0.25) is 4.90 Å². The number of nitrogens with one attached hydrogen (secondary N) is 1. The van der Waals surface area contributed by atoms with Gasteiger partial charge in [0.2, 0.25) is 0 Å². The van der Waals surface area contributed by atoms with Gasteiger partial charge in [-0.1, -0.05) is 49.6 Å². The van der Waals surface area contributed by atoms with Crippen molar-refractivity contribution in [2.24, 2.45) is 5.92 Å². The monoisotopic (exact) mass is 295 g/mol. The third kappa shape index (κ3) is 2.95. The third-order valence-corrected chi connectivity index (χ3v) is 5.20. The zero-order valence-corrected chi connectivity index (χ0v) is 13.2. The Morgan fingerprint density at radius 1 is 1.09 bits per heavy atom. The number of aromatic nitrogens is 2. The lowest BCUT2D eigenvalue weighted by molar-refractivity contribution is 0.185. The van der Waals surface area contributed by atoms with Crippen LogP contribution in [0.1, 0.15) is 43.5 Å². The number of rotatable bonds is 3. The molecule has 1 aliphatic heterocycles. The maximum absolute atomic E-state index is 4.82. The third-order valence-electron chi connectivity index (χ3n) is 5.20. The van der Waals surface area contributed by atoms with Crippen LogP contribution in [0.5, 0.6) is 0 Å². The average Bonchev–Trinajstić information content (AvgIpc) is 3.00. The number of benzene rings is 1. The van der Waals surface area contributed by atoms with Crippen molar-refractivity contribution in [2.75, 3.05) is 13.1 Å². The molecular formula is C19H25N3. The molecule has 3 heteroatoms. The van der Waals surface area contributed by atoms with E-state index in [1.54, 1.807) is 0 Å². The predicted octanol–water partition coefficient (Wildman–Crippen LogP) is 4.02. The van der Waals surface area contributed by atoms with Crippen LogP contribution in [0.3, 0.4) is 0 Å². The second-order valence-corrected chi connectivity index (χ2v) is 6.87. The van der Waals surface area contributed by atoms with E-state index in [0.29, 0.717) is 0 Å². The second-order valence-electron chi connectivity index (χ2n) is 6.87. The molecule has 0 amide bonds. The van der Waals surface area contributed by atoms with E-state index in [9.17, 15) is 0 Å². The van der Waals surface area contributed by atoms with Gasteiger partial charge in [-0.25, -0.2) is 4.98 Å². The number of fused-ring (bicyclic) bond motifs is 1. The molecule has 116 valence electrons. The first-order valence-corrected chi connectivity index (χ1v) is 8.74. The van der Waals surface area contributed by atoms with Crippen molar-refractivity contribution in [1.29, 1.82) is 0 Å². The van der Waals surface area contributed by atoms with Gasteiger partial charge in [0, 0.05) is 31.6 Å². The van der Waals surface area contributed by atoms with E-state index >= 15 is 0 Å². The minimum Gasteiger partial charge on any atom is -0.341 e. The number of nitrogens with zero attached hydrogens (tertiary/aromatic N) is 2. The van der Waals surface area contributed by atoms with Crippen LogP contribution in [0.2, 0.25) is 0 Å². The van der Waals surface area contributed by atoms with Crippen LogP contribution in [0.4, 0.5) is 0 Å². The minimum atomic E-state index is 0.923. The van der Waals surface area contributed by atoms with Crippen LogP contribution >= 0.6 is 0 Å². The van der Waals surface area contributed by atoms with E-state index < -0.39 is 0 Å². The summed E-state index contributed by atoms with van der Waals surface area (Å²) in [5.74, 6) is 1.96. The van der Waals surface area contributed by atoms with Gasteiger partial charge in [-0.05, 0) is 18.8 Å². The Morgan fingerprint density at radius 3 is 2.73 bits per heavy atom. The topological polar surface area (TPSA) is 31.9 Å². The summed E-state index contributed by atoms with van der Waals surface area (Å²) in [4.78, 5) is 11.0. The largest absolute Gasteiger partial charge is 0.341 e. The van der Waals surface area contributed by atoms with Crippen molar-refractivity contribution in [1.82, 2.24) is 14.9 Å². The summed E-state index contributed by atoms with van der Waals surface area (Å²) in [5.41, 5.74) is 3.80. The lowest BCUT2D eigenvalue weighted by Crippen LogP contribution is -2.35. The van der Waals surface area contributed by atoms with Crippen molar-refractivity contribution < 1.29 is 0 Å². The molecule has 0 spiro atoms. The quantitative estimate of drug-likeness (QED) is 0.927. The van der Waals surface area contributed by atoms with Crippen molar-refractivity contribution in [3.05, 3.63) is 41.7 Å². The van der Waals surface area contributed by atoms with Gasteiger partial charge in [0.05, 0.1) is 11.4 Å². The number of hydrogen-bond acceptors (Lipinski definition) is 2. The van der Waals surface area contributed by atoms with Gasteiger partial charge < -0.3 is 4.98 Å². The summed E-state index contributed by atoms with van der Waals surface area (Å²) in [7, 11) is 0. The van der Waals surface area contributed by atoms with Crippen LogP contribution < -0.4 is 0 Å². The lowest BCUT2D eigenvalue weighted by atomic mass is 9.88. The molecule has 4 rings (SSSR count). The molecule has 1 aromatic heterocycles. The molecule has 1 saturated carbocycles. The van der Waals surface area contributed by atoms with Crippen LogP contribution in [-0.2, 0) is 13.0 Å². The summed E-state index contributed by atoms with van der Waals surface area (Å²) in [6, 6.07) is 10.5. The highest BCUT2D eigenvalue weighted by Gasteiger charge is 2.23. The summed E-state index contributed by atoms with van der Waals surface area (Å²) in [5, 5.41) is 0. The molecule has 22 heavy (non-hydrogen) atoms. The minimum absolute atomic E-state index is 0.923. The fraction of sp³-hybridized carbons (Fsp3) is 0.526. The molecule has 0 atom stereocenters. The van der Waals surface area contributed by atoms with Crippen LogP contribution in [0.15, 0.2) is 30.3 Å². The van der Waals surface area contributed by atoms with E-state index in [4.69, 9.17) is 4.98 Å². The van der Waals surface area contributed by atoms with Crippen LogP contribution in [0, 0.1) is 5.92 Å². The maximum atomic E-state index is 4.82. The lowest BCUT2D eigenvalue weighted by Gasteiger charge is -2.31. The van der Waals surface area contributed by atoms with Gasteiger partial charge in [0.25, 0.3) is 0 Å². The van der Waals surface area contributed by atoms with Gasteiger partial charge in [-0.15, -0.1) is 0 Å². The van der Waals surface area contributed by atoms with E-state index in [1.807, 2.05) is 0 Å². The highest BCUT2D eigenvalue weighted by Crippen LogP contribution is 2.27. The molecule has 0 unspecified atom stereocenters. The molecule has 0 bridgehead atoms. The first-order valence-electron chi connectivity index (χ1n) is 8.74. The summed E-state index contributed by atoms with van der Waals surface area (Å²) >= 11 is 0. The molecular weight excluding hydrogens is 270 g/mol. The first kappa shape index (κ1) is 14.0. The fourth-order valence-electron chi connectivity index (χ4n) is 3.97. The standard InChI is InChI=1S/C19H25N3/c1-3-7-15(8-4-1)13-22-12-11-17-18(14-22)21-19(20-17)16-9-5-2-6-10-16/h2,5-6,9-10,15H,1,3-4,7-8,11-14H2,(H,20,21). The maximum Gasteiger partial charge on any atom is 0.137 e. The highest BCUT2D eigenvalue weighted by molar-refractivity contribution is 5.55. The molecule has 1 fully saturated rings. The fourth-order valence-corrected chi connectivity index (χ4v) is 3.97. The van der Waals surface area contributed by atoms with E-state index in [-0.39, 0.29) is 0 Å². The van der Waals surface area contributed by atoms with Gasteiger partial charge in [0.15, 0.2) is 0 Å². The molecule has 2 aromatic rings. The molecule has 0 saturated heterocycles. The van der Waals surface area contributed by atoms with E-state index in [2.05, 4.69) is 40.2 Å². The molecule has 1 aromatic carbocycles. The first-order chi connectivity index (χ1) is 10.9. The smallest absolute Gasteiger partial charge is 0.137 e. The Hall–Kier alpha value is -1.61. The van der Waals surface area contributed by atoms with Crippen molar-refractivity contribution in [3.63, 3.8) is 0 Å². The summed E-state index contributed by atoms with van der Waals surface area (Å²) in [6.07, 6.45) is 8.27. The number of imidazole rings is 1. The second kappa shape index (κ2) is 6.25. The molecule has 1 aliphatic carbocycles. The molecule has 1 N–H and O–H groups in total. The van der Waals surface area contributed by atoms with Gasteiger partial charge in [0.1, 0.15) is 5.82 Å². The molecule has 2 aliphatic rings. The van der Waals surface area contributed by atoms with Crippen LogP contribution in [-0.4, -0.2) is 28.0 Å². The van der Waals surface area contributed by atoms with Crippen molar-refractivity contribution >= 4 is 0 Å². The van der Waals surface area contributed by atoms with Crippen molar-refractivity contribution in [2.45, 2.75) is 45.1 Å². The number of H-pyrrole nitrogens is 1. The Bertz CT molecular complexity index is 611. The van der Waals surface area contributed by atoms with Gasteiger partial charge in [-0.2, -0.15) is 0 Å². The van der Waals surface area contributed by atoms with Gasteiger partial charge >= 0.3 is 0 Å². The molecule has 0 radical (unpaired) electrons. The Kier molecular flexibility index (Phi) is 3.98. The SMILES string of the molecule is c1ccc(-c2nc3c([nH]2)CN(CC2CCCCC2)CC3)cc1. The predicted molar refractivity (Wildman–Crippen MR) is 89.6 cm³/mol. The highest BCUT2D eigenvalue weighted by atomic mass is 15.2. The summed E-state index contributed by atoms with van der Waals surface area (Å²) in [6.45, 7) is 3.49. The van der Waals surface area contributed by atoms with Crippen molar-refractivity contribution in [3.8, 4) is 11.4 Å². The number of hydrogen-bond donors (Lipinski definition) is 1. The molecule has 2 heterocycles. The molecule has 3 nitrogen and oxygen atoms in total. The van der Waals surface area contributed by atoms with Crippen LogP contribution in [0.25, 0.3) is 11.4 Å². The Labute approximate surface area is 132 Å². The number of aromatic amines is 1. The van der Waals surface area contributed by atoms with E-state index in [1.165, 1.54) is 62.1 Å². The Morgan fingerprint density at radius 2 is 1.91 bits per heavy atom. The van der Waals surface area contributed by atoms with E-state index in [0.717, 1.165) is 24.7 Å². The zero-order chi connectivity index (χ0) is 14.8. The average molecular weight is 295 g/mol.